The molecule has 1 aromatic carbocycles. The van der Waals surface area contributed by atoms with Gasteiger partial charge in [0, 0.05) is 32.0 Å². The molecule has 1 saturated carbocycles. The predicted octanol–water partition coefficient (Wildman–Crippen LogP) is 1.74. The monoisotopic (exact) mass is 277 g/mol. The number of carboxylic acid groups (broad SMARTS) is 1. The molecule has 0 unspecified atom stereocenters. The van der Waals surface area contributed by atoms with Gasteiger partial charge in [0.05, 0.1) is 5.41 Å². The fourth-order valence-electron chi connectivity index (χ4n) is 1.90. The molecule has 108 valence electrons. The van der Waals surface area contributed by atoms with Crippen molar-refractivity contribution in [2.45, 2.75) is 12.8 Å². The molecule has 0 radical (unpaired) electrons. The third-order valence-electron chi connectivity index (χ3n) is 3.51. The lowest BCUT2D eigenvalue weighted by molar-refractivity contribution is -0.143. The summed E-state index contributed by atoms with van der Waals surface area (Å²) in [6, 6.07) is 7.05. The van der Waals surface area contributed by atoms with Gasteiger partial charge in [0.25, 0.3) is 0 Å². The minimum atomic E-state index is -0.840. The molecule has 2 amide bonds. The van der Waals surface area contributed by atoms with Gasteiger partial charge in [-0.2, -0.15) is 0 Å². The normalized spacial score (nSPS) is 15.3. The predicted molar refractivity (Wildman–Crippen MR) is 77.1 cm³/mol. The molecule has 6 heteroatoms. The minimum Gasteiger partial charge on any atom is -0.481 e. The maximum Gasteiger partial charge on any atom is 0.319 e. The Kier molecular flexibility index (Phi) is 3.83. The summed E-state index contributed by atoms with van der Waals surface area (Å²) in [6.45, 7) is 0.168. The summed E-state index contributed by atoms with van der Waals surface area (Å²) in [5.74, 6) is -0.840. The molecule has 2 rings (SSSR count). The van der Waals surface area contributed by atoms with E-state index in [4.69, 9.17) is 5.11 Å². The average Bonchev–Trinajstić information content (AvgIpc) is 3.18. The summed E-state index contributed by atoms with van der Waals surface area (Å²) in [7, 11) is 3.84. The molecule has 0 aliphatic heterocycles. The Morgan fingerprint density at radius 3 is 2.60 bits per heavy atom. The summed E-state index contributed by atoms with van der Waals surface area (Å²) in [4.78, 5) is 24.7. The average molecular weight is 277 g/mol. The molecule has 0 aromatic heterocycles. The zero-order chi connectivity index (χ0) is 14.8. The molecule has 1 aromatic rings. The molecule has 0 atom stereocenters. The van der Waals surface area contributed by atoms with Crippen molar-refractivity contribution in [1.29, 1.82) is 0 Å². The topological polar surface area (TPSA) is 81.7 Å². The van der Waals surface area contributed by atoms with Crippen molar-refractivity contribution in [3.05, 3.63) is 24.3 Å². The van der Waals surface area contributed by atoms with Crippen LogP contribution in [0.1, 0.15) is 12.8 Å². The zero-order valence-corrected chi connectivity index (χ0v) is 11.6. The van der Waals surface area contributed by atoms with Gasteiger partial charge in [-0.25, -0.2) is 4.79 Å². The standard InChI is InChI=1S/C14H19N3O3/c1-17(2)11-5-3-4-10(8-11)16-13(20)15-9-14(6-7-14)12(18)19/h3-5,8H,6-7,9H2,1-2H3,(H,18,19)(H2,15,16,20). The Morgan fingerprint density at radius 1 is 1.35 bits per heavy atom. The van der Waals surface area contributed by atoms with Crippen LogP contribution in [0.5, 0.6) is 0 Å². The first kappa shape index (κ1) is 14.2. The van der Waals surface area contributed by atoms with Crippen molar-refractivity contribution in [3.63, 3.8) is 0 Å². The van der Waals surface area contributed by atoms with Gasteiger partial charge in [0.2, 0.25) is 0 Å². The third kappa shape index (κ3) is 3.20. The maximum atomic E-state index is 11.8. The van der Waals surface area contributed by atoms with E-state index in [1.54, 1.807) is 6.07 Å². The second-order valence-electron chi connectivity index (χ2n) is 5.34. The van der Waals surface area contributed by atoms with Gasteiger partial charge in [0.15, 0.2) is 0 Å². The van der Waals surface area contributed by atoms with Crippen LogP contribution in [0.3, 0.4) is 0 Å². The SMILES string of the molecule is CN(C)c1cccc(NC(=O)NCC2(C(=O)O)CC2)c1. The number of urea groups is 1. The van der Waals surface area contributed by atoms with Crippen LogP contribution in [-0.4, -0.2) is 37.7 Å². The molecule has 3 N–H and O–H groups in total. The highest BCUT2D eigenvalue weighted by atomic mass is 16.4. The van der Waals surface area contributed by atoms with Crippen molar-refractivity contribution in [3.8, 4) is 0 Å². The molecule has 1 aliphatic rings. The summed E-state index contributed by atoms with van der Waals surface area (Å²) >= 11 is 0. The van der Waals surface area contributed by atoms with Gasteiger partial charge in [-0.1, -0.05) is 6.07 Å². The summed E-state index contributed by atoms with van der Waals surface area (Å²) in [5.41, 5.74) is 0.906. The van der Waals surface area contributed by atoms with E-state index in [9.17, 15) is 9.59 Å². The van der Waals surface area contributed by atoms with Gasteiger partial charge in [-0.05, 0) is 31.0 Å². The lowest BCUT2D eigenvalue weighted by Crippen LogP contribution is -2.36. The zero-order valence-electron chi connectivity index (χ0n) is 11.6. The van der Waals surface area contributed by atoms with Crippen molar-refractivity contribution in [2.24, 2.45) is 5.41 Å². The molecule has 0 saturated heterocycles. The lowest BCUT2D eigenvalue weighted by atomic mass is 10.1. The summed E-state index contributed by atoms with van der Waals surface area (Å²) < 4.78 is 0. The van der Waals surface area contributed by atoms with Crippen molar-refractivity contribution in [1.82, 2.24) is 5.32 Å². The number of hydrogen-bond donors (Lipinski definition) is 3. The van der Waals surface area contributed by atoms with Crippen LogP contribution >= 0.6 is 0 Å². The quantitative estimate of drug-likeness (QED) is 0.765. The van der Waals surface area contributed by atoms with Crippen LogP contribution < -0.4 is 15.5 Å². The number of amides is 2. The van der Waals surface area contributed by atoms with E-state index >= 15 is 0 Å². The Hall–Kier alpha value is -2.24. The smallest absolute Gasteiger partial charge is 0.319 e. The number of carboxylic acids is 1. The minimum absolute atomic E-state index is 0.168. The third-order valence-corrected chi connectivity index (χ3v) is 3.51. The largest absolute Gasteiger partial charge is 0.481 e. The number of nitrogens with one attached hydrogen (secondary N) is 2. The van der Waals surface area contributed by atoms with Crippen molar-refractivity contribution >= 4 is 23.4 Å². The van der Waals surface area contributed by atoms with Gasteiger partial charge in [-0.3, -0.25) is 4.79 Å². The van der Waals surface area contributed by atoms with Crippen LogP contribution in [0.2, 0.25) is 0 Å². The molecule has 0 spiro atoms. The van der Waals surface area contributed by atoms with Gasteiger partial charge in [-0.15, -0.1) is 0 Å². The van der Waals surface area contributed by atoms with E-state index in [1.807, 2.05) is 37.2 Å². The number of anilines is 2. The van der Waals surface area contributed by atoms with E-state index in [0.717, 1.165) is 5.69 Å². The van der Waals surface area contributed by atoms with Crippen molar-refractivity contribution in [2.75, 3.05) is 30.9 Å². The van der Waals surface area contributed by atoms with Gasteiger partial charge in [0.1, 0.15) is 0 Å². The summed E-state index contributed by atoms with van der Waals surface area (Å²) in [6.07, 6.45) is 1.25. The van der Waals surface area contributed by atoms with E-state index in [0.29, 0.717) is 18.5 Å². The maximum absolute atomic E-state index is 11.8. The first-order chi connectivity index (χ1) is 9.43. The second kappa shape index (κ2) is 5.40. The van der Waals surface area contributed by atoms with Crippen LogP contribution in [0.4, 0.5) is 16.2 Å². The molecule has 0 heterocycles. The Labute approximate surface area is 117 Å². The number of rotatable bonds is 5. The highest BCUT2D eigenvalue weighted by Gasteiger charge is 2.50. The Morgan fingerprint density at radius 2 is 2.05 bits per heavy atom. The van der Waals surface area contributed by atoms with E-state index in [1.165, 1.54) is 0 Å². The molecule has 1 fully saturated rings. The molecule has 1 aliphatic carbocycles. The Balaban J connectivity index is 1.89. The van der Waals surface area contributed by atoms with Crippen molar-refractivity contribution < 1.29 is 14.7 Å². The number of benzene rings is 1. The second-order valence-corrected chi connectivity index (χ2v) is 5.34. The van der Waals surface area contributed by atoms with Gasteiger partial charge >= 0.3 is 12.0 Å². The van der Waals surface area contributed by atoms with E-state index in [2.05, 4.69) is 10.6 Å². The highest BCUT2D eigenvalue weighted by Crippen LogP contribution is 2.45. The first-order valence-corrected chi connectivity index (χ1v) is 6.49. The summed E-state index contributed by atoms with van der Waals surface area (Å²) in [5, 5.41) is 14.4. The number of hydrogen-bond acceptors (Lipinski definition) is 3. The van der Waals surface area contributed by atoms with Crippen LogP contribution in [0.15, 0.2) is 24.3 Å². The lowest BCUT2D eigenvalue weighted by Gasteiger charge is -2.15. The van der Waals surface area contributed by atoms with E-state index < -0.39 is 11.4 Å². The Bertz CT molecular complexity index is 524. The fourth-order valence-corrected chi connectivity index (χ4v) is 1.90. The van der Waals surface area contributed by atoms with E-state index in [-0.39, 0.29) is 12.6 Å². The van der Waals surface area contributed by atoms with Crippen LogP contribution in [0, 0.1) is 5.41 Å². The molecule has 6 nitrogen and oxygen atoms in total. The van der Waals surface area contributed by atoms with Crippen LogP contribution in [-0.2, 0) is 4.79 Å². The molecular weight excluding hydrogens is 258 g/mol. The van der Waals surface area contributed by atoms with Gasteiger partial charge < -0.3 is 20.6 Å². The highest BCUT2D eigenvalue weighted by molar-refractivity contribution is 5.90. The molecular formula is C14H19N3O3. The number of carbonyl (C=O) groups is 2. The number of aliphatic carboxylic acids is 1. The number of carbonyl (C=O) groups excluding carboxylic acids is 1. The fraction of sp³-hybridized carbons (Fsp3) is 0.429. The first-order valence-electron chi connectivity index (χ1n) is 6.49. The number of nitrogens with zero attached hydrogens (tertiary/aromatic N) is 1. The molecule has 20 heavy (non-hydrogen) atoms. The van der Waals surface area contributed by atoms with Crippen LogP contribution in [0.25, 0.3) is 0 Å². The molecule has 0 bridgehead atoms.